The molecule has 1 saturated heterocycles. The molecule has 190 valence electrons. The summed E-state index contributed by atoms with van der Waals surface area (Å²) >= 11 is 0. The minimum atomic E-state index is -5.08. The molecule has 1 aliphatic rings. The fourth-order valence-electron chi connectivity index (χ4n) is 3.48. The summed E-state index contributed by atoms with van der Waals surface area (Å²) in [6.45, 7) is 3.84. The van der Waals surface area contributed by atoms with E-state index in [0.29, 0.717) is 13.1 Å². The number of halogens is 3. The van der Waals surface area contributed by atoms with Crippen LogP contribution in [0.3, 0.4) is 0 Å². The standard InChI is InChI=1S/C23H23N3O3.C2HF3O2/c27-22(21-10-5-15-29-21)24-20-9-4-6-18(16-20)17-25-11-13-26(14-12-25)23(28)19-7-2-1-3-8-19;3-2(4,5)1(6)7/h1-10,15-16H,11-14,17H2,(H,24,27);(H,6,7). The number of carboxylic acids is 1. The summed E-state index contributed by atoms with van der Waals surface area (Å²) < 4.78 is 36.9. The highest BCUT2D eigenvalue weighted by Gasteiger charge is 2.38. The molecule has 0 atom stereocenters. The molecule has 1 aliphatic heterocycles. The van der Waals surface area contributed by atoms with Crippen molar-refractivity contribution in [2.24, 2.45) is 0 Å². The summed E-state index contributed by atoms with van der Waals surface area (Å²) in [6, 6.07) is 20.6. The van der Waals surface area contributed by atoms with Crippen LogP contribution < -0.4 is 5.32 Å². The minimum Gasteiger partial charge on any atom is -0.475 e. The predicted molar refractivity (Wildman–Crippen MR) is 124 cm³/mol. The number of carboxylic acid groups (broad SMARTS) is 1. The zero-order chi connectivity index (χ0) is 26.1. The molecule has 11 heteroatoms. The van der Waals surface area contributed by atoms with Crippen molar-refractivity contribution < 1.29 is 37.1 Å². The molecule has 4 rings (SSSR count). The Balaban J connectivity index is 0.000000454. The first-order chi connectivity index (χ1) is 17.1. The Kier molecular flexibility index (Phi) is 8.85. The second kappa shape index (κ2) is 12.0. The van der Waals surface area contributed by atoms with E-state index in [0.717, 1.165) is 36.4 Å². The first-order valence-electron chi connectivity index (χ1n) is 10.9. The normalized spacial score (nSPS) is 13.9. The van der Waals surface area contributed by atoms with Gasteiger partial charge < -0.3 is 19.7 Å². The first kappa shape index (κ1) is 26.5. The van der Waals surface area contributed by atoms with Crippen molar-refractivity contribution >= 4 is 23.5 Å². The second-order valence-electron chi connectivity index (χ2n) is 7.87. The van der Waals surface area contributed by atoms with Gasteiger partial charge in [0.2, 0.25) is 0 Å². The number of hydrogen-bond acceptors (Lipinski definition) is 5. The Morgan fingerprint density at radius 3 is 2.17 bits per heavy atom. The number of nitrogens with one attached hydrogen (secondary N) is 1. The average Bonchev–Trinajstić information content (AvgIpc) is 3.40. The lowest BCUT2D eigenvalue weighted by molar-refractivity contribution is -0.192. The summed E-state index contributed by atoms with van der Waals surface area (Å²) in [5.41, 5.74) is 2.59. The number of furan rings is 1. The number of carbonyl (C=O) groups excluding carboxylic acids is 2. The number of piperazine rings is 1. The zero-order valence-electron chi connectivity index (χ0n) is 19.1. The van der Waals surface area contributed by atoms with Crippen LogP contribution in [0.25, 0.3) is 0 Å². The van der Waals surface area contributed by atoms with Gasteiger partial charge in [-0.25, -0.2) is 4.79 Å². The fraction of sp³-hybridized carbons (Fsp3) is 0.240. The first-order valence-corrected chi connectivity index (χ1v) is 10.9. The summed E-state index contributed by atoms with van der Waals surface area (Å²) in [6.07, 6.45) is -3.60. The van der Waals surface area contributed by atoms with Crippen molar-refractivity contribution in [1.82, 2.24) is 9.80 Å². The highest BCUT2D eigenvalue weighted by Crippen LogP contribution is 2.16. The molecule has 0 bridgehead atoms. The third kappa shape index (κ3) is 7.70. The maximum atomic E-state index is 12.6. The molecule has 2 amide bonds. The van der Waals surface area contributed by atoms with Crippen LogP contribution >= 0.6 is 0 Å². The molecule has 0 saturated carbocycles. The van der Waals surface area contributed by atoms with Gasteiger partial charge in [0, 0.05) is 44.0 Å². The molecule has 0 radical (unpaired) electrons. The topological polar surface area (TPSA) is 103 Å². The van der Waals surface area contributed by atoms with Gasteiger partial charge in [-0.1, -0.05) is 30.3 Å². The Labute approximate surface area is 204 Å². The lowest BCUT2D eigenvalue weighted by Gasteiger charge is -2.34. The van der Waals surface area contributed by atoms with Crippen LogP contribution in [0, 0.1) is 0 Å². The van der Waals surface area contributed by atoms with E-state index in [1.165, 1.54) is 6.26 Å². The molecule has 2 N–H and O–H groups in total. The average molecular weight is 503 g/mol. The Morgan fingerprint density at radius 1 is 0.917 bits per heavy atom. The molecular weight excluding hydrogens is 479 g/mol. The van der Waals surface area contributed by atoms with Crippen molar-refractivity contribution in [3.8, 4) is 0 Å². The van der Waals surface area contributed by atoms with E-state index in [9.17, 15) is 22.8 Å². The van der Waals surface area contributed by atoms with Gasteiger partial charge in [-0.15, -0.1) is 0 Å². The third-order valence-corrected chi connectivity index (χ3v) is 5.26. The van der Waals surface area contributed by atoms with E-state index in [4.69, 9.17) is 14.3 Å². The van der Waals surface area contributed by atoms with E-state index in [2.05, 4.69) is 10.2 Å². The number of amides is 2. The summed E-state index contributed by atoms with van der Waals surface area (Å²) in [7, 11) is 0. The number of carbonyl (C=O) groups is 3. The van der Waals surface area contributed by atoms with Crippen LogP contribution in [0.4, 0.5) is 18.9 Å². The van der Waals surface area contributed by atoms with Crippen molar-refractivity contribution in [2.45, 2.75) is 12.7 Å². The number of hydrogen-bond donors (Lipinski definition) is 2. The number of alkyl halides is 3. The molecule has 0 spiro atoms. The maximum Gasteiger partial charge on any atom is 0.490 e. The third-order valence-electron chi connectivity index (χ3n) is 5.26. The Bertz CT molecular complexity index is 1160. The van der Waals surface area contributed by atoms with E-state index in [1.807, 2.05) is 59.5 Å². The van der Waals surface area contributed by atoms with E-state index >= 15 is 0 Å². The van der Waals surface area contributed by atoms with Gasteiger partial charge >= 0.3 is 12.1 Å². The van der Waals surface area contributed by atoms with Crippen LogP contribution in [-0.2, 0) is 11.3 Å². The number of anilines is 1. The van der Waals surface area contributed by atoms with E-state index in [-0.39, 0.29) is 17.6 Å². The molecule has 0 unspecified atom stereocenters. The molecule has 36 heavy (non-hydrogen) atoms. The van der Waals surface area contributed by atoms with Gasteiger partial charge in [0.25, 0.3) is 11.8 Å². The molecular formula is C25H24F3N3O5. The Morgan fingerprint density at radius 2 is 1.58 bits per heavy atom. The van der Waals surface area contributed by atoms with Gasteiger partial charge in [0.1, 0.15) is 0 Å². The predicted octanol–water partition coefficient (Wildman–Crippen LogP) is 4.12. The van der Waals surface area contributed by atoms with Crippen LogP contribution in [0.1, 0.15) is 26.5 Å². The molecule has 0 aliphatic carbocycles. The molecule has 3 aromatic rings. The number of rotatable bonds is 5. The molecule has 1 aromatic heterocycles. The van der Waals surface area contributed by atoms with Gasteiger partial charge in [-0.05, 0) is 42.0 Å². The molecule has 8 nitrogen and oxygen atoms in total. The lowest BCUT2D eigenvalue weighted by atomic mass is 10.1. The SMILES string of the molecule is O=C(Nc1cccc(CN2CCN(C(=O)c3ccccc3)CC2)c1)c1ccco1.O=C(O)C(F)(F)F. The molecule has 2 heterocycles. The number of aliphatic carboxylic acids is 1. The van der Waals surface area contributed by atoms with Gasteiger partial charge in [-0.2, -0.15) is 13.2 Å². The van der Waals surface area contributed by atoms with Crippen molar-refractivity contribution in [2.75, 3.05) is 31.5 Å². The highest BCUT2D eigenvalue weighted by molar-refractivity contribution is 6.02. The van der Waals surface area contributed by atoms with Crippen molar-refractivity contribution in [3.05, 3.63) is 89.9 Å². The number of nitrogens with zero attached hydrogens (tertiary/aromatic N) is 2. The van der Waals surface area contributed by atoms with Crippen molar-refractivity contribution in [1.29, 1.82) is 0 Å². The maximum absolute atomic E-state index is 12.6. The second-order valence-corrected chi connectivity index (χ2v) is 7.87. The summed E-state index contributed by atoms with van der Waals surface area (Å²) in [5.74, 6) is -2.64. The number of benzene rings is 2. The van der Waals surface area contributed by atoms with Gasteiger partial charge in [-0.3, -0.25) is 14.5 Å². The quantitative estimate of drug-likeness (QED) is 0.543. The summed E-state index contributed by atoms with van der Waals surface area (Å²) in [4.78, 5) is 37.8. The van der Waals surface area contributed by atoms with E-state index < -0.39 is 12.1 Å². The fourth-order valence-corrected chi connectivity index (χ4v) is 3.48. The van der Waals surface area contributed by atoms with Crippen LogP contribution in [0.15, 0.2) is 77.4 Å². The highest BCUT2D eigenvalue weighted by atomic mass is 19.4. The van der Waals surface area contributed by atoms with Crippen LogP contribution in [0.5, 0.6) is 0 Å². The van der Waals surface area contributed by atoms with E-state index in [1.54, 1.807) is 12.1 Å². The van der Waals surface area contributed by atoms with Gasteiger partial charge in [0.15, 0.2) is 5.76 Å². The van der Waals surface area contributed by atoms with Gasteiger partial charge in [0.05, 0.1) is 6.26 Å². The largest absolute Gasteiger partial charge is 0.490 e. The molecule has 2 aromatic carbocycles. The van der Waals surface area contributed by atoms with Crippen LogP contribution in [0.2, 0.25) is 0 Å². The minimum absolute atomic E-state index is 0.0906. The summed E-state index contributed by atoms with van der Waals surface area (Å²) in [5, 5.41) is 9.98. The zero-order valence-corrected chi connectivity index (χ0v) is 19.1. The van der Waals surface area contributed by atoms with Crippen molar-refractivity contribution in [3.63, 3.8) is 0 Å². The smallest absolute Gasteiger partial charge is 0.475 e. The Hall–Kier alpha value is -4.12. The van der Waals surface area contributed by atoms with Crippen LogP contribution in [-0.4, -0.2) is 65.0 Å². The lowest BCUT2D eigenvalue weighted by Crippen LogP contribution is -2.48. The molecule has 1 fully saturated rings. The monoisotopic (exact) mass is 503 g/mol.